The number of halogens is 1. The lowest BCUT2D eigenvalue weighted by Crippen LogP contribution is -2.47. The van der Waals surface area contributed by atoms with E-state index in [-0.39, 0.29) is 24.5 Å². The van der Waals surface area contributed by atoms with Crippen LogP contribution in [0.3, 0.4) is 0 Å². The molecule has 0 spiro atoms. The molecule has 1 heterocycles. The summed E-state index contributed by atoms with van der Waals surface area (Å²) in [7, 11) is 1.50. The number of carbonyl (C=O) groups excluding carboxylic acids is 2. The molecule has 0 bridgehead atoms. The summed E-state index contributed by atoms with van der Waals surface area (Å²) < 4.78 is 4.75. The predicted octanol–water partition coefficient (Wildman–Crippen LogP) is 0.525. The van der Waals surface area contributed by atoms with Crippen molar-refractivity contribution < 1.29 is 14.3 Å². The topological polar surface area (TPSA) is 58.6 Å². The van der Waals surface area contributed by atoms with E-state index in [0.29, 0.717) is 11.8 Å². The van der Waals surface area contributed by atoms with Crippen LogP contribution in [0, 0.1) is 0 Å². The van der Waals surface area contributed by atoms with E-state index in [9.17, 15) is 9.59 Å². The molecule has 1 saturated heterocycles. The summed E-state index contributed by atoms with van der Waals surface area (Å²) in [6.07, 6.45) is 2.19. The molecule has 1 N–H and O–H groups in total. The van der Waals surface area contributed by atoms with Gasteiger partial charge >= 0.3 is 0 Å². The Labute approximate surface area is 110 Å². The molecule has 0 aromatic rings. The average Bonchev–Trinajstić information content (AvgIpc) is 2.30. The number of likely N-dealkylation sites (tertiary alicyclic amines) is 1. The highest BCUT2D eigenvalue weighted by Crippen LogP contribution is 2.11. The van der Waals surface area contributed by atoms with E-state index in [1.54, 1.807) is 0 Å². The monoisotopic (exact) mass is 306 g/mol. The quantitative estimate of drug-likeness (QED) is 0.754. The third-order valence-corrected chi connectivity index (χ3v) is 3.19. The fourth-order valence-corrected chi connectivity index (χ4v) is 2.25. The van der Waals surface area contributed by atoms with Crippen molar-refractivity contribution in [2.45, 2.75) is 25.3 Å². The fraction of sp³-hybridized carbons (Fsp3) is 0.818. The molecule has 0 aliphatic carbocycles. The number of rotatable bonds is 5. The van der Waals surface area contributed by atoms with E-state index in [4.69, 9.17) is 4.74 Å². The zero-order valence-electron chi connectivity index (χ0n) is 10.1. The molecular formula is C11H19BrN2O3. The predicted molar refractivity (Wildman–Crippen MR) is 68.0 cm³/mol. The summed E-state index contributed by atoms with van der Waals surface area (Å²) in [4.78, 5) is 24.8. The number of hydrogen-bond donors (Lipinski definition) is 1. The molecule has 6 heteroatoms. The van der Waals surface area contributed by atoms with Crippen LogP contribution in [0.15, 0.2) is 0 Å². The summed E-state index contributed by atoms with van der Waals surface area (Å²) >= 11 is 3.26. The molecule has 0 atom stereocenters. The molecule has 98 valence electrons. The highest BCUT2D eigenvalue weighted by molar-refractivity contribution is 9.09. The minimum absolute atomic E-state index is 0.0854. The van der Waals surface area contributed by atoms with Crippen LogP contribution in [0.25, 0.3) is 0 Å². The first-order chi connectivity index (χ1) is 8.17. The first-order valence-corrected chi connectivity index (χ1v) is 6.91. The number of carbonyl (C=O) groups is 2. The Hall–Kier alpha value is -0.620. The van der Waals surface area contributed by atoms with Crippen LogP contribution in [0.1, 0.15) is 19.3 Å². The molecule has 2 amide bonds. The molecule has 0 radical (unpaired) electrons. The maximum absolute atomic E-state index is 11.6. The lowest BCUT2D eigenvalue weighted by molar-refractivity contribution is -0.132. The molecule has 17 heavy (non-hydrogen) atoms. The highest BCUT2D eigenvalue weighted by Gasteiger charge is 2.23. The van der Waals surface area contributed by atoms with Crippen molar-refractivity contribution in [3.05, 3.63) is 0 Å². The van der Waals surface area contributed by atoms with Crippen LogP contribution in [0.5, 0.6) is 0 Å². The van der Waals surface area contributed by atoms with Gasteiger partial charge in [-0.05, 0) is 12.8 Å². The summed E-state index contributed by atoms with van der Waals surface area (Å²) in [6.45, 7) is 1.55. The zero-order valence-corrected chi connectivity index (χ0v) is 11.7. The number of amides is 2. The van der Waals surface area contributed by atoms with Gasteiger partial charge in [0.15, 0.2) is 0 Å². The molecule has 0 aromatic carbocycles. The maximum Gasteiger partial charge on any atom is 0.246 e. The minimum atomic E-state index is -0.0854. The molecule has 1 aliphatic rings. The van der Waals surface area contributed by atoms with Gasteiger partial charge in [-0.1, -0.05) is 15.9 Å². The van der Waals surface area contributed by atoms with Crippen LogP contribution in [0.2, 0.25) is 0 Å². The van der Waals surface area contributed by atoms with Gasteiger partial charge in [0.1, 0.15) is 6.61 Å². The van der Waals surface area contributed by atoms with E-state index in [0.717, 1.165) is 25.9 Å². The highest BCUT2D eigenvalue weighted by atomic mass is 79.9. The van der Waals surface area contributed by atoms with E-state index >= 15 is 0 Å². The molecular weight excluding hydrogens is 288 g/mol. The number of nitrogens with zero attached hydrogens (tertiary/aromatic N) is 1. The Balaban J connectivity index is 2.26. The number of methoxy groups -OCH3 is 1. The summed E-state index contributed by atoms with van der Waals surface area (Å²) in [5, 5.41) is 3.60. The van der Waals surface area contributed by atoms with Crippen molar-refractivity contribution in [2.75, 3.05) is 32.1 Å². The zero-order chi connectivity index (χ0) is 12.7. The van der Waals surface area contributed by atoms with Crippen molar-refractivity contribution in [1.82, 2.24) is 10.2 Å². The van der Waals surface area contributed by atoms with E-state index in [2.05, 4.69) is 21.2 Å². The van der Waals surface area contributed by atoms with E-state index in [1.165, 1.54) is 7.11 Å². The SMILES string of the molecule is COCC(=O)NC1CCN(C(=O)CCBr)CC1. The van der Waals surface area contributed by atoms with Gasteiger partial charge < -0.3 is 15.0 Å². The van der Waals surface area contributed by atoms with Crippen molar-refractivity contribution >= 4 is 27.7 Å². The van der Waals surface area contributed by atoms with Crippen molar-refractivity contribution in [3.63, 3.8) is 0 Å². The smallest absolute Gasteiger partial charge is 0.246 e. The Morgan fingerprint density at radius 3 is 2.59 bits per heavy atom. The summed E-state index contributed by atoms with van der Waals surface area (Å²) in [6, 6.07) is 0.172. The van der Waals surface area contributed by atoms with Gasteiger partial charge in [-0.2, -0.15) is 0 Å². The second-order valence-corrected chi connectivity index (χ2v) is 4.89. The van der Waals surface area contributed by atoms with Crippen molar-refractivity contribution in [3.8, 4) is 0 Å². The summed E-state index contributed by atoms with van der Waals surface area (Å²) in [5.74, 6) is 0.0984. The van der Waals surface area contributed by atoms with Gasteiger partial charge in [0.2, 0.25) is 11.8 Å². The van der Waals surface area contributed by atoms with Gasteiger partial charge in [-0.15, -0.1) is 0 Å². The van der Waals surface area contributed by atoms with Gasteiger partial charge in [-0.3, -0.25) is 9.59 Å². The maximum atomic E-state index is 11.6. The minimum Gasteiger partial charge on any atom is -0.375 e. The van der Waals surface area contributed by atoms with Gasteiger partial charge in [0.05, 0.1) is 0 Å². The van der Waals surface area contributed by atoms with Gasteiger partial charge in [0, 0.05) is 38.0 Å². The lowest BCUT2D eigenvalue weighted by Gasteiger charge is -2.32. The molecule has 1 fully saturated rings. The Morgan fingerprint density at radius 2 is 2.06 bits per heavy atom. The molecule has 0 aromatic heterocycles. The van der Waals surface area contributed by atoms with Crippen molar-refractivity contribution in [2.24, 2.45) is 0 Å². The Kier molecular flexibility index (Phi) is 6.50. The van der Waals surface area contributed by atoms with E-state index in [1.807, 2.05) is 4.90 Å². The molecule has 0 saturated carbocycles. The number of ether oxygens (including phenoxy) is 1. The largest absolute Gasteiger partial charge is 0.375 e. The molecule has 1 rings (SSSR count). The van der Waals surface area contributed by atoms with Crippen LogP contribution < -0.4 is 5.32 Å². The fourth-order valence-electron chi connectivity index (χ4n) is 1.91. The number of nitrogens with one attached hydrogen (secondary N) is 1. The molecule has 1 aliphatic heterocycles. The normalized spacial score (nSPS) is 16.9. The first-order valence-electron chi connectivity index (χ1n) is 5.79. The molecule has 5 nitrogen and oxygen atoms in total. The van der Waals surface area contributed by atoms with Crippen LogP contribution in [-0.2, 0) is 14.3 Å². The van der Waals surface area contributed by atoms with Gasteiger partial charge in [0.25, 0.3) is 0 Å². The Bertz CT molecular complexity index is 265. The van der Waals surface area contributed by atoms with E-state index < -0.39 is 0 Å². The van der Waals surface area contributed by atoms with Crippen LogP contribution in [-0.4, -0.2) is 54.9 Å². The second-order valence-electron chi connectivity index (χ2n) is 4.09. The third kappa shape index (κ3) is 5.04. The van der Waals surface area contributed by atoms with Crippen LogP contribution in [0.4, 0.5) is 0 Å². The Morgan fingerprint density at radius 1 is 1.41 bits per heavy atom. The summed E-state index contributed by atoms with van der Waals surface area (Å²) in [5.41, 5.74) is 0. The van der Waals surface area contributed by atoms with Crippen LogP contribution >= 0.6 is 15.9 Å². The van der Waals surface area contributed by atoms with Crippen molar-refractivity contribution in [1.29, 1.82) is 0 Å². The third-order valence-electron chi connectivity index (χ3n) is 2.80. The number of alkyl halides is 1. The lowest BCUT2D eigenvalue weighted by atomic mass is 10.0. The standard InChI is InChI=1S/C11H19BrN2O3/c1-17-8-10(15)13-9-3-6-14(7-4-9)11(16)2-5-12/h9H,2-8H2,1H3,(H,13,15). The second kappa shape index (κ2) is 7.66. The first kappa shape index (κ1) is 14.4. The number of piperidine rings is 1. The van der Waals surface area contributed by atoms with Gasteiger partial charge in [-0.25, -0.2) is 0 Å². The number of hydrogen-bond acceptors (Lipinski definition) is 3. The average molecular weight is 307 g/mol. The molecule has 0 unspecified atom stereocenters.